The third kappa shape index (κ3) is 1.70. The zero-order valence-corrected chi connectivity index (χ0v) is 9.19. The number of hydrogen-bond donors (Lipinski definition) is 2. The Balaban J connectivity index is 2.51. The predicted molar refractivity (Wildman–Crippen MR) is 59.4 cm³/mol. The quantitative estimate of drug-likeness (QED) is 0.788. The number of carbonyl (C=O) groups is 1. The number of H-pyrrole nitrogens is 1. The average molecular weight is 239 g/mol. The first-order chi connectivity index (χ1) is 7.59. The molecule has 2 heterocycles. The summed E-state index contributed by atoms with van der Waals surface area (Å²) < 4.78 is 0. The molecule has 0 saturated carbocycles. The van der Waals surface area contributed by atoms with Crippen LogP contribution in [0.3, 0.4) is 0 Å². The van der Waals surface area contributed by atoms with Crippen LogP contribution in [0, 0.1) is 6.92 Å². The molecule has 0 unspecified atom stereocenters. The van der Waals surface area contributed by atoms with E-state index in [1.165, 1.54) is 23.6 Å². The fourth-order valence-corrected chi connectivity index (χ4v) is 1.95. The fourth-order valence-electron chi connectivity index (χ4n) is 1.19. The van der Waals surface area contributed by atoms with Crippen molar-refractivity contribution in [1.29, 1.82) is 0 Å². The smallest absolute Gasteiger partial charge is 0.342 e. The summed E-state index contributed by atoms with van der Waals surface area (Å²) in [4.78, 5) is 28.6. The van der Waals surface area contributed by atoms with Crippen molar-refractivity contribution in [3.63, 3.8) is 0 Å². The highest BCUT2D eigenvalue weighted by molar-refractivity contribution is 7.15. The Bertz CT molecular complexity index is 569. The molecular formula is C8H9N5O2S. The molecule has 3 N–H and O–H groups in total. The number of nitrogens with two attached hydrogens (primary N) is 1. The van der Waals surface area contributed by atoms with Crippen LogP contribution in [0.15, 0.2) is 23.3 Å². The molecule has 2 aromatic rings. The molecule has 0 radical (unpaired) electrons. The zero-order chi connectivity index (χ0) is 11.7. The highest BCUT2D eigenvalue weighted by Crippen LogP contribution is 2.20. The van der Waals surface area contributed by atoms with Crippen LogP contribution in [0.4, 0.5) is 9.93 Å². The van der Waals surface area contributed by atoms with E-state index in [0.717, 1.165) is 14.7 Å². The van der Waals surface area contributed by atoms with Gasteiger partial charge in [0.25, 0.3) is 5.56 Å². The predicted octanol–water partition coefficient (Wildman–Crippen LogP) is 0.290. The Morgan fingerprint density at radius 1 is 1.69 bits per heavy atom. The van der Waals surface area contributed by atoms with E-state index in [9.17, 15) is 9.59 Å². The van der Waals surface area contributed by atoms with Gasteiger partial charge < -0.3 is 5.73 Å². The molecule has 8 heteroatoms. The Morgan fingerprint density at radius 3 is 2.88 bits per heavy atom. The number of aryl methyl sites for hydroxylation is 1. The Hall–Kier alpha value is -2.09. The van der Waals surface area contributed by atoms with Crippen LogP contribution >= 0.6 is 11.3 Å². The molecule has 2 rings (SSSR count). The number of carbonyl (C=O) groups excluding carboxylic acids is 1. The van der Waals surface area contributed by atoms with E-state index >= 15 is 0 Å². The molecule has 0 atom stereocenters. The third-order valence-electron chi connectivity index (χ3n) is 1.83. The maximum absolute atomic E-state index is 11.4. The summed E-state index contributed by atoms with van der Waals surface area (Å²) >= 11 is 1.27. The van der Waals surface area contributed by atoms with E-state index in [4.69, 9.17) is 5.73 Å². The van der Waals surface area contributed by atoms with Gasteiger partial charge >= 0.3 is 6.03 Å². The minimum Gasteiger partial charge on any atom is -0.350 e. The number of primary amides is 1. The van der Waals surface area contributed by atoms with Crippen molar-refractivity contribution >= 4 is 22.5 Å². The van der Waals surface area contributed by atoms with Gasteiger partial charge in [-0.05, 0) is 6.92 Å². The lowest BCUT2D eigenvalue weighted by Crippen LogP contribution is -2.45. The summed E-state index contributed by atoms with van der Waals surface area (Å²) in [6.45, 7) is 1.85. The molecule has 16 heavy (non-hydrogen) atoms. The van der Waals surface area contributed by atoms with Gasteiger partial charge in [0.15, 0.2) is 0 Å². The molecule has 84 valence electrons. The summed E-state index contributed by atoms with van der Waals surface area (Å²) in [5.74, 6) is 0. The first kappa shape index (κ1) is 10.4. The topological polar surface area (TPSA) is 97.0 Å². The summed E-state index contributed by atoms with van der Waals surface area (Å²) in [5.41, 5.74) is 4.83. The molecule has 2 aromatic heterocycles. The maximum Gasteiger partial charge on any atom is 0.342 e. The van der Waals surface area contributed by atoms with Crippen molar-refractivity contribution in [1.82, 2.24) is 14.9 Å². The van der Waals surface area contributed by atoms with Gasteiger partial charge in [0.1, 0.15) is 0 Å². The van der Waals surface area contributed by atoms with Crippen molar-refractivity contribution < 1.29 is 4.79 Å². The summed E-state index contributed by atoms with van der Waals surface area (Å²) in [5, 5.41) is 3.92. The highest BCUT2D eigenvalue weighted by atomic mass is 32.1. The average Bonchev–Trinajstić information content (AvgIpc) is 2.78. The Kier molecular flexibility index (Phi) is 2.49. The van der Waals surface area contributed by atoms with E-state index in [1.54, 1.807) is 6.20 Å². The highest BCUT2D eigenvalue weighted by Gasteiger charge is 2.19. The zero-order valence-electron chi connectivity index (χ0n) is 8.38. The maximum atomic E-state index is 11.4. The number of aromatic nitrogens is 3. The lowest BCUT2D eigenvalue weighted by molar-refractivity contribution is 0.250. The van der Waals surface area contributed by atoms with Gasteiger partial charge in [0.2, 0.25) is 5.13 Å². The van der Waals surface area contributed by atoms with Crippen LogP contribution in [0.2, 0.25) is 0 Å². The molecule has 0 aliphatic carbocycles. The monoisotopic (exact) mass is 239 g/mol. The molecule has 0 bridgehead atoms. The van der Waals surface area contributed by atoms with Crippen LogP contribution in [-0.4, -0.2) is 20.9 Å². The standard InChI is InChI=1S/C8H9N5O2S/c1-5-4-10-8(16-5)12(7(9)15)13-6(14)2-3-11-13/h2-4,11H,1H3,(H2,9,15). The number of aromatic amines is 1. The Labute approximate surface area is 94.1 Å². The number of rotatable bonds is 2. The van der Waals surface area contributed by atoms with E-state index in [-0.39, 0.29) is 5.56 Å². The second-order valence-electron chi connectivity index (χ2n) is 3.02. The van der Waals surface area contributed by atoms with Gasteiger partial charge in [-0.15, -0.1) is 16.1 Å². The second kappa shape index (κ2) is 3.81. The first-order valence-electron chi connectivity index (χ1n) is 4.38. The van der Waals surface area contributed by atoms with Gasteiger partial charge in [0, 0.05) is 23.3 Å². The second-order valence-corrected chi connectivity index (χ2v) is 4.23. The van der Waals surface area contributed by atoms with Crippen molar-refractivity contribution in [2.45, 2.75) is 6.92 Å². The minimum absolute atomic E-state index is 0.342. The number of nitrogens with zero attached hydrogens (tertiary/aromatic N) is 3. The van der Waals surface area contributed by atoms with Crippen LogP contribution in [0.1, 0.15) is 4.88 Å². The van der Waals surface area contributed by atoms with Crippen molar-refractivity contribution in [2.24, 2.45) is 5.73 Å². The van der Waals surface area contributed by atoms with Gasteiger partial charge in [-0.3, -0.25) is 9.89 Å². The van der Waals surface area contributed by atoms with Gasteiger partial charge in [-0.2, -0.15) is 5.01 Å². The van der Waals surface area contributed by atoms with Crippen molar-refractivity contribution in [3.8, 4) is 0 Å². The number of hydrogen-bond acceptors (Lipinski definition) is 4. The van der Waals surface area contributed by atoms with Crippen LogP contribution in [0.5, 0.6) is 0 Å². The molecule has 0 saturated heterocycles. The molecule has 0 spiro atoms. The van der Waals surface area contributed by atoms with Crippen LogP contribution in [0.25, 0.3) is 0 Å². The molecule has 7 nitrogen and oxygen atoms in total. The summed E-state index contributed by atoms with van der Waals surface area (Å²) in [6, 6.07) is 0.509. The number of nitrogens with one attached hydrogen (secondary N) is 1. The summed E-state index contributed by atoms with van der Waals surface area (Å²) in [7, 11) is 0. The first-order valence-corrected chi connectivity index (χ1v) is 5.20. The molecule has 0 aliphatic heterocycles. The lowest BCUT2D eigenvalue weighted by Gasteiger charge is -2.16. The van der Waals surface area contributed by atoms with Crippen molar-refractivity contribution in [3.05, 3.63) is 33.7 Å². The molecule has 0 aromatic carbocycles. The van der Waals surface area contributed by atoms with Crippen LogP contribution < -0.4 is 16.3 Å². The molecule has 0 fully saturated rings. The minimum atomic E-state index is -0.779. The van der Waals surface area contributed by atoms with Crippen molar-refractivity contribution in [2.75, 3.05) is 5.01 Å². The van der Waals surface area contributed by atoms with E-state index in [0.29, 0.717) is 5.13 Å². The van der Waals surface area contributed by atoms with E-state index < -0.39 is 6.03 Å². The number of thiazole rings is 1. The van der Waals surface area contributed by atoms with Gasteiger partial charge in [0.05, 0.1) is 0 Å². The molecule has 2 amide bonds. The van der Waals surface area contributed by atoms with Crippen LogP contribution in [-0.2, 0) is 0 Å². The number of urea groups is 1. The van der Waals surface area contributed by atoms with Gasteiger partial charge in [-0.25, -0.2) is 9.78 Å². The SMILES string of the molecule is Cc1cnc(N(C(N)=O)n2[nH]ccc2=O)s1. The Morgan fingerprint density at radius 2 is 2.44 bits per heavy atom. The molecule has 0 aliphatic rings. The largest absolute Gasteiger partial charge is 0.350 e. The van der Waals surface area contributed by atoms with E-state index in [1.807, 2.05) is 6.92 Å². The lowest BCUT2D eigenvalue weighted by atomic mass is 10.7. The number of anilines is 1. The van der Waals surface area contributed by atoms with Gasteiger partial charge in [-0.1, -0.05) is 0 Å². The molecular weight excluding hydrogens is 230 g/mol. The number of amides is 2. The summed E-state index contributed by atoms with van der Waals surface area (Å²) in [6.07, 6.45) is 3.02. The third-order valence-corrected chi connectivity index (χ3v) is 2.72. The van der Waals surface area contributed by atoms with E-state index in [2.05, 4.69) is 10.1 Å². The fraction of sp³-hybridized carbons (Fsp3) is 0.125. The normalized spacial score (nSPS) is 10.3.